The molecule has 3 rings (SSSR count). The minimum absolute atomic E-state index is 0.0474. The van der Waals surface area contributed by atoms with Crippen molar-refractivity contribution in [2.45, 2.75) is 51.6 Å². The van der Waals surface area contributed by atoms with Crippen LogP contribution in [0.4, 0.5) is 5.69 Å². The Hall–Kier alpha value is -3.36. The molecule has 7 nitrogen and oxygen atoms in total. The Labute approximate surface area is 230 Å². The van der Waals surface area contributed by atoms with E-state index in [2.05, 4.69) is 5.32 Å². The van der Waals surface area contributed by atoms with Gasteiger partial charge >= 0.3 is 0 Å². The van der Waals surface area contributed by atoms with Gasteiger partial charge in [-0.2, -0.15) is 0 Å². The van der Waals surface area contributed by atoms with E-state index in [1.54, 1.807) is 44.2 Å². The molecule has 0 unspecified atom stereocenters. The molecule has 0 radical (unpaired) electrons. The van der Waals surface area contributed by atoms with Crippen LogP contribution in [0.1, 0.15) is 37.0 Å². The van der Waals surface area contributed by atoms with Crippen LogP contribution in [0.2, 0.25) is 5.02 Å². The summed E-state index contributed by atoms with van der Waals surface area (Å²) in [5.41, 5.74) is 2.79. The number of benzene rings is 3. The summed E-state index contributed by atoms with van der Waals surface area (Å²) < 4.78 is 28.7. The minimum Gasteiger partial charge on any atom is -0.354 e. The zero-order valence-corrected chi connectivity index (χ0v) is 23.7. The summed E-state index contributed by atoms with van der Waals surface area (Å²) in [4.78, 5) is 28.3. The third-order valence-electron chi connectivity index (χ3n) is 6.20. The zero-order chi connectivity index (χ0) is 27.9. The minimum atomic E-state index is -4.14. The monoisotopic (exact) mass is 555 g/mol. The third kappa shape index (κ3) is 7.14. The van der Waals surface area contributed by atoms with E-state index in [0.717, 1.165) is 21.9 Å². The molecule has 0 aromatic heterocycles. The second kappa shape index (κ2) is 12.9. The lowest BCUT2D eigenvalue weighted by molar-refractivity contribution is -0.139. The quantitative estimate of drug-likeness (QED) is 0.357. The second-order valence-corrected chi connectivity index (χ2v) is 11.5. The van der Waals surface area contributed by atoms with Crippen molar-refractivity contribution in [1.82, 2.24) is 10.2 Å². The second-order valence-electron chi connectivity index (χ2n) is 9.23. The summed E-state index contributed by atoms with van der Waals surface area (Å²) in [6, 6.07) is 19.7. The molecule has 9 heteroatoms. The molecule has 0 saturated carbocycles. The SMILES string of the molecule is CCCNC(=O)[C@@H](C)N(Cc1cccc(C)c1)C(=O)CN(c1cc(Cl)ccc1C)S(=O)(=O)c1ccccc1. The first-order valence-corrected chi connectivity index (χ1v) is 14.3. The van der Waals surface area contributed by atoms with Crippen LogP contribution in [-0.4, -0.2) is 44.3 Å². The van der Waals surface area contributed by atoms with Crippen LogP contribution in [0, 0.1) is 13.8 Å². The van der Waals surface area contributed by atoms with E-state index in [0.29, 0.717) is 22.8 Å². The molecule has 0 saturated heterocycles. The van der Waals surface area contributed by atoms with E-state index in [-0.39, 0.29) is 17.3 Å². The highest BCUT2D eigenvalue weighted by molar-refractivity contribution is 7.92. The number of hydrogen-bond acceptors (Lipinski definition) is 4. The molecule has 202 valence electrons. The Balaban J connectivity index is 2.05. The number of nitrogens with zero attached hydrogens (tertiary/aromatic N) is 2. The molecule has 0 aliphatic heterocycles. The number of halogens is 1. The molecule has 0 fully saturated rings. The van der Waals surface area contributed by atoms with Crippen molar-refractivity contribution in [2.75, 3.05) is 17.4 Å². The van der Waals surface area contributed by atoms with E-state index in [1.807, 2.05) is 38.1 Å². The maximum Gasteiger partial charge on any atom is 0.264 e. The predicted molar refractivity (Wildman–Crippen MR) is 152 cm³/mol. The number of nitrogens with one attached hydrogen (secondary N) is 1. The summed E-state index contributed by atoms with van der Waals surface area (Å²) in [5, 5.41) is 3.18. The van der Waals surface area contributed by atoms with Gasteiger partial charge < -0.3 is 10.2 Å². The van der Waals surface area contributed by atoms with Gasteiger partial charge in [-0.15, -0.1) is 0 Å². The Morgan fingerprint density at radius 3 is 2.34 bits per heavy atom. The Bertz CT molecular complexity index is 1380. The number of hydrogen-bond donors (Lipinski definition) is 1. The van der Waals surface area contributed by atoms with Gasteiger partial charge in [0.25, 0.3) is 10.0 Å². The first kappa shape index (κ1) is 29.2. The average Bonchev–Trinajstić information content (AvgIpc) is 2.90. The topological polar surface area (TPSA) is 86.8 Å². The van der Waals surface area contributed by atoms with Gasteiger partial charge in [-0.05, 0) is 62.6 Å². The van der Waals surface area contributed by atoms with Crippen molar-refractivity contribution in [2.24, 2.45) is 0 Å². The molecule has 1 atom stereocenters. The standard InChI is InChI=1S/C29H34ClN3O4S/c1-5-16-31-29(35)23(4)32(19-24-11-9-10-21(2)17-24)28(34)20-33(27-18-25(30)15-14-22(27)3)38(36,37)26-12-7-6-8-13-26/h6-15,17-18,23H,5,16,19-20H2,1-4H3,(H,31,35)/t23-/m1/s1. The molecule has 3 aromatic rings. The van der Waals surface area contributed by atoms with Gasteiger partial charge in [-0.25, -0.2) is 8.42 Å². The fraction of sp³-hybridized carbons (Fsp3) is 0.310. The summed E-state index contributed by atoms with van der Waals surface area (Å²) in [6.45, 7) is 7.42. The molecule has 0 bridgehead atoms. The molecule has 2 amide bonds. The lowest BCUT2D eigenvalue weighted by Gasteiger charge is -2.32. The van der Waals surface area contributed by atoms with Crippen LogP contribution in [0.25, 0.3) is 0 Å². The summed E-state index contributed by atoms with van der Waals surface area (Å²) >= 11 is 6.25. The number of carbonyl (C=O) groups is 2. The average molecular weight is 556 g/mol. The van der Waals surface area contributed by atoms with Gasteiger partial charge in [0.1, 0.15) is 12.6 Å². The Morgan fingerprint density at radius 1 is 0.974 bits per heavy atom. The highest BCUT2D eigenvalue weighted by Crippen LogP contribution is 2.30. The van der Waals surface area contributed by atoms with E-state index in [4.69, 9.17) is 11.6 Å². The van der Waals surface area contributed by atoms with Gasteiger partial charge in [0.2, 0.25) is 11.8 Å². The van der Waals surface area contributed by atoms with Crippen LogP contribution in [0.3, 0.4) is 0 Å². The van der Waals surface area contributed by atoms with Gasteiger partial charge in [0.05, 0.1) is 10.6 Å². The van der Waals surface area contributed by atoms with Crippen LogP contribution in [0.5, 0.6) is 0 Å². The molecule has 0 aliphatic rings. The van der Waals surface area contributed by atoms with Gasteiger partial charge in [0, 0.05) is 18.1 Å². The number of rotatable bonds is 11. The largest absolute Gasteiger partial charge is 0.354 e. The van der Waals surface area contributed by atoms with Crippen molar-refractivity contribution in [3.05, 3.63) is 94.5 Å². The van der Waals surface area contributed by atoms with Gasteiger partial charge in [0.15, 0.2) is 0 Å². The van der Waals surface area contributed by atoms with E-state index >= 15 is 0 Å². The summed E-state index contributed by atoms with van der Waals surface area (Å²) in [5.74, 6) is -0.811. The highest BCUT2D eigenvalue weighted by atomic mass is 35.5. The maximum atomic E-state index is 13.9. The predicted octanol–water partition coefficient (Wildman–Crippen LogP) is 5.10. The van der Waals surface area contributed by atoms with Crippen LogP contribution < -0.4 is 9.62 Å². The Morgan fingerprint density at radius 2 is 1.68 bits per heavy atom. The molecular weight excluding hydrogens is 522 g/mol. The maximum absolute atomic E-state index is 13.9. The van der Waals surface area contributed by atoms with Crippen LogP contribution >= 0.6 is 11.6 Å². The van der Waals surface area contributed by atoms with E-state index in [1.165, 1.54) is 23.1 Å². The van der Waals surface area contributed by atoms with Crippen molar-refractivity contribution in [1.29, 1.82) is 0 Å². The van der Waals surface area contributed by atoms with Crippen LogP contribution in [0.15, 0.2) is 77.7 Å². The van der Waals surface area contributed by atoms with E-state index in [9.17, 15) is 18.0 Å². The number of anilines is 1. The molecule has 1 N–H and O–H groups in total. The zero-order valence-electron chi connectivity index (χ0n) is 22.1. The molecule has 0 spiro atoms. The highest BCUT2D eigenvalue weighted by Gasteiger charge is 2.33. The van der Waals surface area contributed by atoms with Crippen molar-refractivity contribution in [3.8, 4) is 0 Å². The molecule has 38 heavy (non-hydrogen) atoms. The number of amides is 2. The smallest absolute Gasteiger partial charge is 0.264 e. The molecule has 3 aromatic carbocycles. The molecule has 0 aliphatic carbocycles. The first-order valence-electron chi connectivity index (χ1n) is 12.5. The fourth-order valence-corrected chi connectivity index (χ4v) is 5.73. The fourth-order valence-electron chi connectivity index (χ4n) is 4.07. The lowest BCUT2D eigenvalue weighted by atomic mass is 10.1. The van der Waals surface area contributed by atoms with Crippen molar-refractivity contribution < 1.29 is 18.0 Å². The first-order chi connectivity index (χ1) is 18.0. The van der Waals surface area contributed by atoms with Crippen molar-refractivity contribution in [3.63, 3.8) is 0 Å². The Kier molecular flexibility index (Phi) is 9.94. The normalized spacial score (nSPS) is 12.0. The third-order valence-corrected chi connectivity index (χ3v) is 8.21. The molecular formula is C29H34ClN3O4S. The summed E-state index contributed by atoms with van der Waals surface area (Å²) in [7, 11) is -4.14. The number of aryl methyl sites for hydroxylation is 2. The number of carbonyl (C=O) groups excluding carboxylic acids is 2. The van der Waals surface area contributed by atoms with Crippen molar-refractivity contribution >= 4 is 39.1 Å². The lowest BCUT2D eigenvalue weighted by Crippen LogP contribution is -2.51. The van der Waals surface area contributed by atoms with E-state index < -0.39 is 28.5 Å². The number of sulfonamides is 1. The van der Waals surface area contributed by atoms with Gasteiger partial charge in [-0.1, -0.05) is 72.6 Å². The molecule has 0 heterocycles. The summed E-state index contributed by atoms with van der Waals surface area (Å²) in [6.07, 6.45) is 0.751. The van der Waals surface area contributed by atoms with Gasteiger partial charge in [-0.3, -0.25) is 13.9 Å². The van der Waals surface area contributed by atoms with Crippen LogP contribution in [-0.2, 0) is 26.2 Å².